The molecule has 0 aliphatic carbocycles. The summed E-state index contributed by atoms with van der Waals surface area (Å²) in [5.74, 6) is -2.90. The molecule has 1 atom stereocenters. The van der Waals surface area contributed by atoms with Crippen molar-refractivity contribution < 1.29 is 61.0 Å². The van der Waals surface area contributed by atoms with Crippen LogP contribution in [0.1, 0.15) is 49.3 Å². The Labute approximate surface area is 337 Å². The number of rotatable bonds is 9. The van der Waals surface area contributed by atoms with Crippen LogP contribution >= 0.6 is 46.7 Å². The van der Waals surface area contributed by atoms with Crippen molar-refractivity contribution in [1.82, 2.24) is 20.2 Å². The van der Waals surface area contributed by atoms with E-state index in [9.17, 15) is 41.4 Å². The standard InChI is InChI=1S/C15H12BrClF4N2O2.C12H14ClNO2.C3H8NO5P.C3H9S/c1-6(2)25-14(24)7-4-8(10(18)5-9(7)17)12-11(16)13(15(19,20)21)23(3)22-12;1-12(2)8-16-14(11(12)15)7-9-5-3-4-6-10(9)13;5-3(6)1-4-2-10(7,8)9;1-4(2)3/h4-6H,1-3H3;3-6H,7-8H2,1-2H3;4H,1-2H2,(H,5,6)(H2,7,8,9);1-3H3/q;;;+1/p-1. The maximum absolute atomic E-state index is 14.3. The van der Waals surface area contributed by atoms with Crippen LogP contribution in [0.3, 0.4) is 0 Å². The first-order valence-electron chi connectivity index (χ1n) is 15.7. The van der Waals surface area contributed by atoms with E-state index in [2.05, 4.69) is 39.8 Å². The van der Waals surface area contributed by atoms with Gasteiger partial charge in [-0.05, 0) is 78.3 Å². The van der Waals surface area contributed by atoms with E-state index in [1.165, 1.54) is 5.06 Å². The molecule has 55 heavy (non-hydrogen) atoms. The van der Waals surface area contributed by atoms with Gasteiger partial charge in [0, 0.05) is 17.6 Å². The Balaban J connectivity index is 0.000000429. The van der Waals surface area contributed by atoms with E-state index in [1.807, 2.05) is 43.4 Å². The number of nitrogens with one attached hydrogen (secondary N) is 1. The summed E-state index contributed by atoms with van der Waals surface area (Å²) in [6.45, 7) is 7.33. The van der Waals surface area contributed by atoms with E-state index < -0.39 is 66.0 Å². The molecule has 308 valence electrons. The van der Waals surface area contributed by atoms with Crippen molar-refractivity contribution in [3.05, 3.63) is 73.6 Å². The van der Waals surface area contributed by atoms with Crippen molar-refractivity contribution in [2.75, 3.05) is 38.2 Å². The van der Waals surface area contributed by atoms with E-state index in [1.54, 1.807) is 13.8 Å². The van der Waals surface area contributed by atoms with E-state index in [-0.39, 0.29) is 27.8 Å². The molecule has 22 heteroatoms. The number of hydroxylamine groups is 2. The summed E-state index contributed by atoms with van der Waals surface area (Å²) in [6, 6.07) is 9.32. The van der Waals surface area contributed by atoms with Gasteiger partial charge in [-0.1, -0.05) is 41.4 Å². The molecule has 3 aromatic rings. The van der Waals surface area contributed by atoms with Crippen LogP contribution < -0.4 is 10.2 Å². The number of carbonyl (C=O) groups is 3. The molecule has 1 amide bonds. The summed E-state index contributed by atoms with van der Waals surface area (Å²) in [5, 5.41) is 15.5. The monoisotopic (exact) mass is 926 g/mol. The summed E-state index contributed by atoms with van der Waals surface area (Å²) in [7, 11) is -2.63. The highest BCUT2D eigenvalue weighted by Gasteiger charge is 2.41. The number of nitrogens with zero attached hydrogens (tertiary/aromatic N) is 3. The predicted molar refractivity (Wildman–Crippen MR) is 204 cm³/mol. The molecule has 1 unspecified atom stereocenters. The molecule has 1 aromatic heterocycles. The minimum atomic E-state index is -4.69. The normalized spacial score (nSPS) is 14.6. The lowest BCUT2D eigenvalue weighted by atomic mass is 9.95. The number of carboxylic acids is 1. The van der Waals surface area contributed by atoms with Gasteiger partial charge in [0.15, 0.2) is 5.69 Å². The third kappa shape index (κ3) is 17.1. The number of carboxylic acid groups (broad SMARTS) is 1. The average molecular weight is 929 g/mol. The third-order valence-electron chi connectivity index (χ3n) is 6.38. The van der Waals surface area contributed by atoms with Gasteiger partial charge < -0.3 is 24.2 Å². The first kappa shape index (κ1) is 50.3. The van der Waals surface area contributed by atoms with Crippen LogP contribution in [0, 0.1) is 11.2 Å². The molecular weight excluding hydrogens is 886 g/mol. The molecule has 0 spiro atoms. The number of esters is 1. The number of halogens is 7. The molecule has 0 bridgehead atoms. The van der Waals surface area contributed by atoms with Gasteiger partial charge >= 0.3 is 18.1 Å². The lowest BCUT2D eigenvalue weighted by molar-refractivity contribution is -0.193. The molecule has 3 N–H and O–H groups in total. The molecule has 2 heterocycles. The Morgan fingerprint density at radius 3 is 2.18 bits per heavy atom. The van der Waals surface area contributed by atoms with Gasteiger partial charge in [0.1, 0.15) is 19.1 Å². The number of aryl methyl sites for hydroxylation is 1. The number of amides is 1. The fraction of sp³-hybridized carbons (Fsp3) is 0.455. The summed E-state index contributed by atoms with van der Waals surface area (Å²) < 4.78 is 68.6. The zero-order valence-electron chi connectivity index (χ0n) is 31.0. The van der Waals surface area contributed by atoms with Gasteiger partial charge in [-0.25, -0.2) is 14.2 Å². The predicted octanol–water partition coefficient (Wildman–Crippen LogP) is 6.52. The average Bonchev–Trinajstić information content (AvgIpc) is 3.45. The summed E-state index contributed by atoms with van der Waals surface area (Å²) in [4.78, 5) is 57.1. The van der Waals surface area contributed by atoms with Crippen molar-refractivity contribution in [2.45, 2.75) is 46.5 Å². The fourth-order valence-corrected chi connectivity index (χ4v) is 5.63. The molecule has 0 saturated carbocycles. The number of ether oxygens (including phenoxy) is 1. The molecule has 2 aromatic carbocycles. The zero-order valence-corrected chi connectivity index (χ0v) is 35.8. The van der Waals surface area contributed by atoms with Gasteiger partial charge in [0.25, 0.3) is 5.91 Å². The second kappa shape index (κ2) is 21.7. The van der Waals surface area contributed by atoms with Gasteiger partial charge in [-0.15, -0.1) is 0 Å². The van der Waals surface area contributed by atoms with Crippen LogP contribution in [0.5, 0.6) is 0 Å². The minimum absolute atomic E-state index is 0.00687. The van der Waals surface area contributed by atoms with Crippen molar-refractivity contribution >= 4 is 75.5 Å². The molecular formula is C33H42BrCl2F4N4O9PS. The quantitative estimate of drug-likeness (QED) is 0.0919. The third-order valence-corrected chi connectivity index (χ3v) is 8.43. The topological polar surface area (TPSA) is 183 Å². The van der Waals surface area contributed by atoms with Crippen LogP contribution in [0.4, 0.5) is 17.6 Å². The lowest BCUT2D eigenvalue weighted by Gasteiger charge is -2.16. The number of alkyl halides is 3. The van der Waals surface area contributed by atoms with Crippen LogP contribution in [-0.4, -0.2) is 87.0 Å². The van der Waals surface area contributed by atoms with Crippen molar-refractivity contribution in [1.29, 1.82) is 0 Å². The minimum Gasteiger partial charge on any atom is -0.778 e. The maximum Gasteiger partial charge on any atom is 0.434 e. The molecule has 0 radical (unpaired) electrons. The Hall–Kier alpha value is -2.74. The maximum atomic E-state index is 14.3. The molecule has 1 aliphatic heterocycles. The SMILES string of the molecule is CC(C)OC(=O)c1cc(-c2nn(C)c(C(F)(F)F)c2Br)c(F)cc1Cl.CC1(C)CON(Cc2ccccc2Cl)C1=O.C[S+](C)C.O=C(O)CNCP(=O)([O-])O. The van der Waals surface area contributed by atoms with Crippen molar-refractivity contribution in [3.8, 4) is 11.3 Å². The number of aliphatic carboxylic acids is 1. The second-order valence-corrected chi connectivity index (χ2v) is 18.5. The smallest absolute Gasteiger partial charge is 0.434 e. The Morgan fingerprint density at radius 2 is 1.75 bits per heavy atom. The largest absolute Gasteiger partial charge is 0.778 e. The molecule has 1 saturated heterocycles. The van der Waals surface area contributed by atoms with Gasteiger partial charge in [0.2, 0.25) is 0 Å². The fourth-order valence-electron chi connectivity index (χ4n) is 4.04. The van der Waals surface area contributed by atoms with Gasteiger partial charge in [-0.3, -0.25) is 24.4 Å². The lowest BCUT2D eigenvalue weighted by Crippen LogP contribution is -2.30. The first-order valence-corrected chi connectivity index (χ1v) is 21.5. The molecule has 4 rings (SSSR count). The Bertz CT molecular complexity index is 1840. The van der Waals surface area contributed by atoms with Crippen LogP contribution in [0.25, 0.3) is 11.3 Å². The first-order chi connectivity index (χ1) is 25.1. The van der Waals surface area contributed by atoms with E-state index in [0.29, 0.717) is 33.8 Å². The highest BCUT2D eigenvalue weighted by Crippen LogP contribution is 2.41. The number of carbonyl (C=O) groups excluding carboxylic acids is 2. The van der Waals surface area contributed by atoms with Gasteiger partial charge in [-0.2, -0.15) is 18.3 Å². The summed E-state index contributed by atoms with van der Waals surface area (Å²) >= 11 is 14.7. The van der Waals surface area contributed by atoms with Gasteiger partial charge in [0.05, 0.1) is 71.3 Å². The van der Waals surface area contributed by atoms with Crippen molar-refractivity contribution in [2.24, 2.45) is 12.5 Å². The Morgan fingerprint density at radius 1 is 1.18 bits per heavy atom. The summed E-state index contributed by atoms with van der Waals surface area (Å²) in [6.07, 6.45) is 0.732. The molecule has 1 fully saturated rings. The second-order valence-electron chi connectivity index (χ2n) is 12.8. The number of benzene rings is 2. The number of hydrogen-bond acceptors (Lipinski definition) is 9. The van der Waals surface area contributed by atoms with E-state index in [0.717, 1.165) is 24.7 Å². The number of hydrogen-bond donors (Lipinski definition) is 3. The van der Waals surface area contributed by atoms with E-state index in [4.69, 9.17) is 42.8 Å². The summed E-state index contributed by atoms with van der Waals surface area (Å²) in [5.41, 5.74) is -1.39. The van der Waals surface area contributed by atoms with Crippen LogP contribution in [0.15, 0.2) is 40.9 Å². The molecule has 13 nitrogen and oxygen atoms in total. The highest BCUT2D eigenvalue weighted by atomic mass is 79.9. The highest BCUT2D eigenvalue weighted by molar-refractivity contribution is 9.10. The Kier molecular flexibility index (Phi) is 19.8. The van der Waals surface area contributed by atoms with Crippen LogP contribution in [-0.2, 0) is 54.4 Å². The molecule has 1 aliphatic rings. The van der Waals surface area contributed by atoms with Crippen LogP contribution in [0.2, 0.25) is 10.0 Å². The zero-order chi connectivity index (χ0) is 42.6. The van der Waals surface area contributed by atoms with Crippen molar-refractivity contribution in [3.63, 3.8) is 0 Å². The number of aromatic nitrogens is 2. The van der Waals surface area contributed by atoms with E-state index >= 15 is 0 Å².